The van der Waals surface area contributed by atoms with Crippen molar-refractivity contribution in [2.75, 3.05) is 24.4 Å². The fourth-order valence-corrected chi connectivity index (χ4v) is 3.87. The minimum Gasteiger partial charge on any atom is -0.497 e. The van der Waals surface area contributed by atoms with Crippen molar-refractivity contribution in [1.82, 2.24) is 5.32 Å². The SMILES string of the molecule is COc1cccc(NC(=O)NCc2cc(C(=O)O)c(NC3CCCCO3)s2)c1. The summed E-state index contributed by atoms with van der Waals surface area (Å²) in [6.07, 6.45) is 2.73. The first-order chi connectivity index (χ1) is 13.5. The van der Waals surface area contributed by atoms with Crippen molar-refractivity contribution < 1.29 is 24.2 Å². The van der Waals surface area contributed by atoms with E-state index >= 15 is 0 Å². The van der Waals surface area contributed by atoms with Gasteiger partial charge in [0.05, 0.1) is 19.2 Å². The topological polar surface area (TPSA) is 109 Å². The highest BCUT2D eigenvalue weighted by Crippen LogP contribution is 2.30. The van der Waals surface area contributed by atoms with Gasteiger partial charge in [0.2, 0.25) is 0 Å². The van der Waals surface area contributed by atoms with Gasteiger partial charge in [-0.15, -0.1) is 11.3 Å². The van der Waals surface area contributed by atoms with E-state index in [-0.39, 0.29) is 24.4 Å². The maximum atomic E-state index is 12.1. The molecule has 1 saturated heterocycles. The van der Waals surface area contributed by atoms with Gasteiger partial charge < -0.3 is 30.5 Å². The summed E-state index contributed by atoms with van der Waals surface area (Å²) in [6.45, 7) is 0.887. The van der Waals surface area contributed by atoms with Gasteiger partial charge in [-0.3, -0.25) is 0 Å². The van der Waals surface area contributed by atoms with Crippen LogP contribution in [0.3, 0.4) is 0 Å². The zero-order valence-corrected chi connectivity index (χ0v) is 16.3. The van der Waals surface area contributed by atoms with Crippen LogP contribution in [0, 0.1) is 0 Å². The number of carbonyl (C=O) groups excluding carboxylic acids is 1. The molecule has 0 radical (unpaired) electrons. The first-order valence-electron chi connectivity index (χ1n) is 8.98. The van der Waals surface area contributed by atoms with Gasteiger partial charge in [0, 0.05) is 23.2 Å². The first-order valence-corrected chi connectivity index (χ1v) is 9.80. The number of nitrogens with one attached hydrogen (secondary N) is 3. The molecule has 1 atom stereocenters. The Kier molecular flexibility index (Phi) is 6.72. The van der Waals surface area contributed by atoms with E-state index in [0.717, 1.165) is 24.1 Å². The van der Waals surface area contributed by atoms with Gasteiger partial charge in [-0.1, -0.05) is 6.07 Å². The van der Waals surface area contributed by atoms with E-state index < -0.39 is 5.97 Å². The molecule has 1 aromatic heterocycles. The van der Waals surface area contributed by atoms with Crippen LogP contribution in [0.25, 0.3) is 0 Å². The molecule has 2 heterocycles. The number of urea groups is 1. The molecule has 0 bridgehead atoms. The van der Waals surface area contributed by atoms with Gasteiger partial charge in [0.1, 0.15) is 17.0 Å². The molecule has 2 aromatic rings. The number of amides is 2. The van der Waals surface area contributed by atoms with Crippen molar-refractivity contribution in [1.29, 1.82) is 0 Å². The molecule has 0 aliphatic carbocycles. The Bertz CT molecular complexity index is 833. The lowest BCUT2D eigenvalue weighted by molar-refractivity contribution is 0.0344. The normalized spacial score (nSPS) is 16.2. The largest absolute Gasteiger partial charge is 0.497 e. The van der Waals surface area contributed by atoms with Crippen LogP contribution in [0.15, 0.2) is 30.3 Å². The predicted octanol–water partition coefficient (Wildman–Crippen LogP) is 3.72. The van der Waals surface area contributed by atoms with Crippen molar-refractivity contribution in [3.05, 3.63) is 40.8 Å². The molecule has 150 valence electrons. The number of carboxylic acid groups (broad SMARTS) is 1. The van der Waals surface area contributed by atoms with Crippen molar-refractivity contribution >= 4 is 34.0 Å². The molecule has 8 nitrogen and oxygen atoms in total. The van der Waals surface area contributed by atoms with E-state index in [0.29, 0.717) is 23.0 Å². The monoisotopic (exact) mass is 405 g/mol. The summed E-state index contributed by atoms with van der Waals surface area (Å²) in [5.74, 6) is -0.371. The van der Waals surface area contributed by atoms with Crippen LogP contribution in [0.2, 0.25) is 0 Å². The third-order valence-corrected chi connectivity index (χ3v) is 5.30. The van der Waals surface area contributed by atoms with Crippen LogP contribution >= 0.6 is 11.3 Å². The minimum atomic E-state index is -1.01. The molecule has 9 heteroatoms. The lowest BCUT2D eigenvalue weighted by Gasteiger charge is -2.23. The molecule has 0 spiro atoms. The highest BCUT2D eigenvalue weighted by molar-refractivity contribution is 7.16. The highest BCUT2D eigenvalue weighted by atomic mass is 32.1. The third kappa shape index (κ3) is 5.37. The molecule has 1 aliphatic heterocycles. The average molecular weight is 405 g/mol. The second-order valence-electron chi connectivity index (χ2n) is 6.30. The van der Waals surface area contributed by atoms with Crippen LogP contribution < -0.4 is 20.7 Å². The van der Waals surface area contributed by atoms with Gasteiger partial charge >= 0.3 is 12.0 Å². The number of carbonyl (C=O) groups is 2. The Morgan fingerprint density at radius 1 is 1.32 bits per heavy atom. The van der Waals surface area contributed by atoms with E-state index in [1.807, 2.05) is 0 Å². The van der Waals surface area contributed by atoms with Crippen molar-refractivity contribution in [3.8, 4) is 5.75 Å². The molecular weight excluding hydrogens is 382 g/mol. The van der Waals surface area contributed by atoms with E-state index in [4.69, 9.17) is 9.47 Å². The number of methoxy groups -OCH3 is 1. The second-order valence-corrected chi connectivity index (χ2v) is 7.44. The summed E-state index contributed by atoms with van der Waals surface area (Å²) in [4.78, 5) is 24.4. The maximum Gasteiger partial charge on any atom is 0.338 e. The third-order valence-electron chi connectivity index (χ3n) is 4.24. The van der Waals surface area contributed by atoms with Crippen LogP contribution in [-0.4, -0.2) is 37.1 Å². The summed E-state index contributed by atoms with van der Waals surface area (Å²) < 4.78 is 10.7. The summed E-state index contributed by atoms with van der Waals surface area (Å²) in [7, 11) is 1.56. The van der Waals surface area contributed by atoms with Crippen LogP contribution in [0.5, 0.6) is 5.75 Å². The van der Waals surface area contributed by atoms with Crippen molar-refractivity contribution in [2.45, 2.75) is 32.0 Å². The summed E-state index contributed by atoms with van der Waals surface area (Å²) in [5.41, 5.74) is 0.787. The Hall–Kier alpha value is -2.78. The van der Waals surface area contributed by atoms with Crippen LogP contribution in [0.4, 0.5) is 15.5 Å². The first kappa shape index (κ1) is 20.0. The number of thiophene rings is 1. The fraction of sp³-hybridized carbons (Fsp3) is 0.368. The molecular formula is C19H23N3O5S. The number of aromatic carboxylic acids is 1. The van der Waals surface area contributed by atoms with E-state index in [1.165, 1.54) is 11.3 Å². The average Bonchev–Trinajstić information content (AvgIpc) is 3.10. The molecule has 2 amide bonds. The Morgan fingerprint density at radius 2 is 2.18 bits per heavy atom. The number of carboxylic acids is 1. The maximum absolute atomic E-state index is 12.1. The molecule has 28 heavy (non-hydrogen) atoms. The molecule has 3 rings (SSSR count). The Balaban J connectivity index is 1.59. The zero-order chi connectivity index (χ0) is 19.9. The van der Waals surface area contributed by atoms with Gasteiger partial charge in [-0.05, 0) is 37.5 Å². The van der Waals surface area contributed by atoms with E-state index in [9.17, 15) is 14.7 Å². The smallest absolute Gasteiger partial charge is 0.338 e. The quantitative estimate of drug-likeness (QED) is 0.559. The Labute approximate surface area is 166 Å². The number of ether oxygens (including phenoxy) is 2. The number of anilines is 2. The molecule has 1 unspecified atom stereocenters. The lowest BCUT2D eigenvalue weighted by Crippen LogP contribution is -2.27. The number of benzene rings is 1. The van der Waals surface area contributed by atoms with Crippen molar-refractivity contribution in [3.63, 3.8) is 0 Å². The second kappa shape index (κ2) is 9.43. The van der Waals surface area contributed by atoms with Gasteiger partial charge in [-0.25, -0.2) is 9.59 Å². The Morgan fingerprint density at radius 3 is 2.89 bits per heavy atom. The molecule has 1 aromatic carbocycles. The molecule has 4 N–H and O–H groups in total. The van der Waals surface area contributed by atoms with E-state index in [1.54, 1.807) is 37.4 Å². The molecule has 0 saturated carbocycles. The molecule has 1 fully saturated rings. The number of hydrogen-bond acceptors (Lipinski definition) is 6. The minimum absolute atomic E-state index is 0.178. The summed E-state index contributed by atoms with van der Waals surface area (Å²) in [5, 5.41) is 18.6. The van der Waals surface area contributed by atoms with Gasteiger partial charge in [0.15, 0.2) is 0 Å². The highest BCUT2D eigenvalue weighted by Gasteiger charge is 2.20. The van der Waals surface area contributed by atoms with Crippen molar-refractivity contribution in [2.24, 2.45) is 0 Å². The summed E-state index contributed by atoms with van der Waals surface area (Å²) in [6, 6.07) is 8.21. The predicted molar refractivity (Wildman–Crippen MR) is 107 cm³/mol. The summed E-state index contributed by atoms with van der Waals surface area (Å²) >= 11 is 1.30. The van der Waals surface area contributed by atoms with Gasteiger partial charge in [-0.2, -0.15) is 0 Å². The van der Waals surface area contributed by atoms with Crippen LogP contribution in [0.1, 0.15) is 34.5 Å². The van der Waals surface area contributed by atoms with Crippen LogP contribution in [-0.2, 0) is 11.3 Å². The zero-order valence-electron chi connectivity index (χ0n) is 15.5. The number of rotatable bonds is 7. The molecule has 1 aliphatic rings. The number of hydrogen-bond donors (Lipinski definition) is 4. The van der Waals surface area contributed by atoms with Gasteiger partial charge in [0.25, 0.3) is 0 Å². The standard InChI is InChI=1S/C19H23N3O5S/c1-26-13-6-4-5-12(9-13)21-19(25)20-11-14-10-15(18(23)24)17(28-14)22-16-7-2-3-8-27-16/h4-6,9-10,16,22H,2-3,7-8,11H2,1H3,(H,23,24)(H2,20,21,25). The van der Waals surface area contributed by atoms with E-state index in [2.05, 4.69) is 16.0 Å². The lowest BCUT2D eigenvalue weighted by atomic mass is 10.2. The fourth-order valence-electron chi connectivity index (χ4n) is 2.84.